The van der Waals surface area contributed by atoms with Crippen molar-refractivity contribution in [3.8, 4) is 0 Å². The van der Waals surface area contributed by atoms with Gasteiger partial charge in [-0.2, -0.15) is 0 Å². The fraction of sp³-hybridized carbons (Fsp3) is 0.562. The van der Waals surface area contributed by atoms with Crippen molar-refractivity contribution in [3.63, 3.8) is 0 Å². The number of hydrogen-bond donors (Lipinski definition) is 3. The molecule has 4 N–H and O–H groups in total. The topological polar surface area (TPSA) is 70.6 Å². The number of rotatable bonds is 4. The van der Waals surface area contributed by atoms with Gasteiger partial charge in [0.15, 0.2) is 5.96 Å². The molecule has 1 aromatic rings. The minimum absolute atomic E-state index is 0.00289. The summed E-state index contributed by atoms with van der Waals surface area (Å²) < 4.78 is 26.7. The highest BCUT2D eigenvalue weighted by atomic mass is 19.1. The van der Waals surface area contributed by atoms with Crippen molar-refractivity contribution < 1.29 is 13.9 Å². The van der Waals surface area contributed by atoms with Crippen molar-refractivity contribution in [2.45, 2.75) is 50.7 Å². The Balaban J connectivity index is 1.99. The van der Waals surface area contributed by atoms with E-state index in [-0.39, 0.29) is 18.1 Å². The van der Waals surface area contributed by atoms with Gasteiger partial charge in [0.2, 0.25) is 0 Å². The molecule has 0 aliphatic heterocycles. The Morgan fingerprint density at radius 2 is 2.05 bits per heavy atom. The Hall–Kier alpha value is -1.69. The lowest BCUT2D eigenvalue weighted by molar-refractivity contribution is 0.0632. The Bertz CT molecular complexity index is 540. The van der Waals surface area contributed by atoms with E-state index in [1.54, 1.807) is 0 Å². The molecule has 0 spiro atoms. The third kappa shape index (κ3) is 4.40. The standard InChI is InChI=1S/C16H23F2N3O/c1-16(22,13-8-7-11(17)9-14(13)18)10-20-15(19)21-12-5-3-2-4-6-12/h7-9,12,22H,2-6,10H2,1H3,(H3,19,20,21). The van der Waals surface area contributed by atoms with Crippen LogP contribution in [0, 0.1) is 11.6 Å². The van der Waals surface area contributed by atoms with E-state index >= 15 is 0 Å². The molecule has 122 valence electrons. The van der Waals surface area contributed by atoms with Crippen molar-refractivity contribution >= 4 is 5.96 Å². The number of nitrogens with two attached hydrogens (primary N) is 1. The molecule has 0 radical (unpaired) electrons. The van der Waals surface area contributed by atoms with Gasteiger partial charge in [-0.3, -0.25) is 4.99 Å². The van der Waals surface area contributed by atoms with Crippen molar-refractivity contribution in [2.24, 2.45) is 10.7 Å². The molecule has 1 aromatic carbocycles. The maximum Gasteiger partial charge on any atom is 0.188 e. The quantitative estimate of drug-likeness (QED) is 0.591. The summed E-state index contributed by atoms with van der Waals surface area (Å²) in [5.74, 6) is -1.23. The van der Waals surface area contributed by atoms with E-state index in [9.17, 15) is 13.9 Å². The van der Waals surface area contributed by atoms with Crippen LogP contribution in [0.2, 0.25) is 0 Å². The van der Waals surface area contributed by atoms with E-state index in [2.05, 4.69) is 10.3 Å². The number of guanidine groups is 1. The zero-order valence-electron chi connectivity index (χ0n) is 12.8. The van der Waals surface area contributed by atoms with Crippen LogP contribution in [0.4, 0.5) is 8.78 Å². The van der Waals surface area contributed by atoms with Crippen LogP contribution in [0.1, 0.15) is 44.6 Å². The first kappa shape index (κ1) is 16.7. The van der Waals surface area contributed by atoms with E-state index in [1.807, 2.05) is 0 Å². The number of halogens is 2. The summed E-state index contributed by atoms with van der Waals surface area (Å²) in [4.78, 5) is 4.10. The number of nitrogens with one attached hydrogen (secondary N) is 1. The Morgan fingerprint density at radius 1 is 1.36 bits per heavy atom. The van der Waals surface area contributed by atoms with Crippen molar-refractivity contribution in [3.05, 3.63) is 35.4 Å². The van der Waals surface area contributed by atoms with Crippen LogP contribution in [0.3, 0.4) is 0 Å². The number of aliphatic hydroxyl groups is 1. The van der Waals surface area contributed by atoms with Crippen LogP contribution < -0.4 is 11.1 Å². The van der Waals surface area contributed by atoms with Crippen molar-refractivity contribution in [1.82, 2.24) is 5.32 Å². The maximum atomic E-state index is 13.7. The summed E-state index contributed by atoms with van der Waals surface area (Å²) in [5.41, 5.74) is 4.28. The second kappa shape index (κ2) is 7.05. The summed E-state index contributed by atoms with van der Waals surface area (Å²) in [7, 11) is 0. The molecule has 4 nitrogen and oxygen atoms in total. The van der Waals surface area contributed by atoms with E-state index in [4.69, 9.17) is 5.73 Å². The third-order valence-corrected chi connectivity index (χ3v) is 4.03. The second-order valence-electron chi connectivity index (χ2n) is 6.08. The normalized spacial score (nSPS) is 19.7. The first-order valence-electron chi connectivity index (χ1n) is 7.63. The van der Waals surface area contributed by atoms with Crippen molar-refractivity contribution in [1.29, 1.82) is 0 Å². The molecule has 1 saturated carbocycles. The molecule has 0 heterocycles. The maximum absolute atomic E-state index is 13.7. The fourth-order valence-corrected chi connectivity index (χ4v) is 2.75. The highest BCUT2D eigenvalue weighted by Crippen LogP contribution is 2.24. The summed E-state index contributed by atoms with van der Waals surface area (Å²) in [6, 6.07) is 3.40. The first-order valence-corrected chi connectivity index (χ1v) is 7.63. The molecule has 1 atom stereocenters. The van der Waals surface area contributed by atoms with Crippen LogP contribution in [0.5, 0.6) is 0 Å². The molecule has 0 bridgehead atoms. The lowest BCUT2D eigenvalue weighted by atomic mass is 9.95. The van der Waals surface area contributed by atoms with Gasteiger partial charge in [-0.1, -0.05) is 25.3 Å². The Kier molecular flexibility index (Phi) is 5.34. The summed E-state index contributed by atoms with van der Waals surface area (Å²) >= 11 is 0. The van der Waals surface area contributed by atoms with E-state index < -0.39 is 17.2 Å². The molecule has 0 saturated heterocycles. The van der Waals surface area contributed by atoms with Gasteiger partial charge in [0.05, 0.1) is 6.54 Å². The van der Waals surface area contributed by atoms with Gasteiger partial charge in [-0.15, -0.1) is 0 Å². The minimum Gasteiger partial charge on any atom is -0.383 e. The molecule has 1 fully saturated rings. The monoisotopic (exact) mass is 311 g/mol. The predicted octanol–water partition coefficient (Wildman–Crippen LogP) is 2.41. The average molecular weight is 311 g/mol. The highest BCUT2D eigenvalue weighted by Gasteiger charge is 2.27. The van der Waals surface area contributed by atoms with Crippen LogP contribution in [0.25, 0.3) is 0 Å². The van der Waals surface area contributed by atoms with E-state index in [0.29, 0.717) is 6.04 Å². The minimum atomic E-state index is -1.54. The highest BCUT2D eigenvalue weighted by molar-refractivity contribution is 5.78. The Morgan fingerprint density at radius 3 is 2.68 bits per heavy atom. The van der Waals surface area contributed by atoms with Gasteiger partial charge in [-0.25, -0.2) is 8.78 Å². The van der Waals surface area contributed by atoms with Crippen LogP contribution in [0.15, 0.2) is 23.2 Å². The fourth-order valence-electron chi connectivity index (χ4n) is 2.75. The molecule has 6 heteroatoms. The van der Waals surface area contributed by atoms with Crippen LogP contribution in [-0.2, 0) is 5.60 Å². The largest absolute Gasteiger partial charge is 0.383 e. The van der Waals surface area contributed by atoms with E-state index in [0.717, 1.165) is 25.0 Å². The lowest BCUT2D eigenvalue weighted by Crippen LogP contribution is -2.42. The van der Waals surface area contributed by atoms with Crippen LogP contribution >= 0.6 is 0 Å². The number of nitrogens with zero attached hydrogens (tertiary/aromatic N) is 1. The van der Waals surface area contributed by atoms with Gasteiger partial charge in [0.1, 0.15) is 17.2 Å². The molecule has 0 aromatic heterocycles. The number of hydrogen-bond acceptors (Lipinski definition) is 2. The molecule has 1 aliphatic carbocycles. The molecule has 22 heavy (non-hydrogen) atoms. The second-order valence-corrected chi connectivity index (χ2v) is 6.08. The van der Waals surface area contributed by atoms with Gasteiger partial charge < -0.3 is 16.2 Å². The zero-order valence-corrected chi connectivity index (χ0v) is 12.8. The molecule has 1 unspecified atom stereocenters. The lowest BCUT2D eigenvalue weighted by Gasteiger charge is -2.25. The summed E-state index contributed by atoms with van der Waals surface area (Å²) in [6.07, 6.45) is 5.69. The molecular weight excluding hydrogens is 288 g/mol. The SMILES string of the molecule is CC(O)(CN=C(N)NC1CCCCC1)c1ccc(F)cc1F. The summed E-state index contributed by atoms with van der Waals surface area (Å²) in [5, 5.41) is 13.5. The van der Waals surface area contributed by atoms with Gasteiger partial charge in [-0.05, 0) is 25.8 Å². The average Bonchev–Trinajstić information content (AvgIpc) is 2.46. The van der Waals surface area contributed by atoms with Crippen LogP contribution in [-0.4, -0.2) is 23.7 Å². The van der Waals surface area contributed by atoms with E-state index in [1.165, 1.54) is 32.3 Å². The Labute approximate surface area is 129 Å². The third-order valence-electron chi connectivity index (χ3n) is 4.03. The predicted molar refractivity (Wildman–Crippen MR) is 82.4 cm³/mol. The first-order chi connectivity index (χ1) is 10.4. The van der Waals surface area contributed by atoms with Gasteiger partial charge in [0, 0.05) is 17.7 Å². The molecule has 1 aliphatic rings. The zero-order chi connectivity index (χ0) is 16.2. The molecular formula is C16H23F2N3O. The summed E-state index contributed by atoms with van der Waals surface area (Å²) in [6.45, 7) is 1.34. The number of benzene rings is 1. The smallest absolute Gasteiger partial charge is 0.188 e. The van der Waals surface area contributed by atoms with Gasteiger partial charge in [0.25, 0.3) is 0 Å². The van der Waals surface area contributed by atoms with Gasteiger partial charge >= 0.3 is 0 Å². The van der Waals surface area contributed by atoms with Crippen molar-refractivity contribution in [2.75, 3.05) is 6.54 Å². The molecule has 0 amide bonds. The molecule has 2 rings (SSSR count). The number of aliphatic imine (C=N–C) groups is 1.